The molecule has 1 heterocycles. The molecule has 0 saturated carbocycles. The number of hydrogen-bond acceptors (Lipinski definition) is 3. The third-order valence-electron chi connectivity index (χ3n) is 3.36. The van der Waals surface area contributed by atoms with Crippen LogP contribution in [0.1, 0.15) is 32.5 Å². The predicted molar refractivity (Wildman–Crippen MR) is 79.9 cm³/mol. The zero-order valence-electron chi connectivity index (χ0n) is 12.2. The number of imidazole rings is 1. The van der Waals surface area contributed by atoms with Crippen molar-refractivity contribution >= 4 is 28.6 Å². The molecule has 1 atom stereocenters. The summed E-state index contributed by atoms with van der Waals surface area (Å²) in [5, 5.41) is 0.657. The lowest BCUT2D eigenvalue weighted by Crippen LogP contribution is -2.23. The Bertz CT molecular complexity index is 634. The van der Waals surface area contributed by atoms with Crippen LogP contribution in [-0.2, 0) is 16.6 Å². The highest BCUT2D eigenvalue weighted by molar-refractivity contribution is 6.31. The van der Waals surface area contributed by atoms with E-state index in [0.717, 1.165) is 16.9 Å². The minimum Gasteiger partial charge on any atom is -0.465 e. The number of halogens is 1. The second-order valence-electron chi connectivity index (χ2n) is 5.14. The molecule has 108 valence electrons. The van der Waals surface area contributed by atoms with E-state index in [1.165, 1.54) is 0 Å². The Morgan fingerprint density at radius 3 is 2.75 bits per heavy atom. The highest BCUT2D eigenvalue weighted by atomic mass is 35.5. The molecule has 5 heteroatoms. The van der Waals surface area contributed by atoms with E-state index in [1.54, 1.807) is 6.07 Å². The fourth-order valence-electron chi connectivity index (χ4n) is 2.37. The minimum atomic E-state index is -0.369. The molecule has 0 aliphatic heterocycles. The maximum atomic E-state index is 12.2. The van der Waals surface area contributed by atoms with E-state index in [0.29, 0.717) is 11.6 Å². The van der Waals surface area contributed by atoms with E-state index in [9.17, 15) is 4.79 Å². The molecule has 20 heavy (non-hydrogen) atoms. The molecule has 0 bridgehead atoms. The van der Waals surface area contributed by atoms with Crippen LogP contribution in [0.15, 0.2) is 18.2 Å². The van der Waals surface area contributed by atoms with Crippen molar-refractivity contribution in [2.45, 2.75) is 26.7 Å². The Labute approximate surface area is 123 Å². The molecule has 0 spiro atoms. The Morgan fingerprint density at radius 2 is 2.15 bits per heavy atom. The average Bonchev–Trinajstić information content (AvgIpc) is 2.67. The van der Waals surface area contributed by atoms with Gasteiger partial charge >= 0.3 is 5.97 Å². The van der Waals surface area contributed by atoms with E-state index < -0.39 is 0 Å². The van der Waals surface area contributed by atoms with Gasteiger partial charge in [0.15, 0.2) is 0 Å². The molecule has 0 aliphatic carbocycles. The van der Waals surface area contributed by atoms with Gasteiger partial charge in [-0.3, -0.25) is 4.79 Å². The molecule has 0 amide bonds. The first-order valence-electron chi connectivity index (χ1n) is 6.74. The van der Waals surface area contributed by atoms with Crippen LogP contribution in [-0.4, -0.2) is 22.1 Å². The molecular formula is C15H19ClN2O2. The molecule has 0 aliphatic rings. The number of aromatic nitrogens is 2. The molecule has 1 aromatic heterocycles. The van der Waals surface area contributed by atoms with Crippen LogP contribution in [0.4, 0.5) is 0 Å². The molecule has 1 unspecified atom stereocenters. The van der Waals surface area contributed by atoms with Gasteiger partial charge in [-0.25, -0.2) is 4.98 Å². The summed E-state index contributed by atoms with van der Waals surface area (Å²) in [6.07, 6.45) is 0. The fourth-order valence-corrected chi connectivity index (χ4v) is 2.53. The van der Waals surface area contributed by atoms with Crippen LogP contribution in [0.25, 0.3) is 11.0 Å². The molecule has 2 aromatic rings. The van der Waals surface area contributed by atoms with Crippen molar-refractivity contribution < 1.29 is 9.53 Å². The number of benzene rings is 1. The van der Waals surface area contributed by atoms with Gasteiger partial charge in [0.2, 0.25) is 0 Å². The lowest BCUT2D eigenvalue weighted by Gasteiger charge is -2.18. The van der Waals surface area contributed by atoms with Crippen LogP contribution in [0.5, 0.6) is 0 Å². The van der Waals surface area contributed by atoms with E-state index in [2.05, 4.69) is 4.98 Å². The second kappa shape index (κ2) is 5.83. The van der Waals surface area contributed by atoms with Gasteiger partial charge in [-0.15, -0.1) is 0 Å². The average molecular weight is 295 g/mol. The summed E-state index contributed by atoms with van der Waals surface area (Å²) in [6.45, 7) is 6.17. The lowest BCUT2D eigenvalue weighted by molar-refractivity contribution is -0.146. The Hall–Kier alpha value is -1.55. The number of fused-ring (bicyclic) bond motifs is 1. The third-order valence-corrected chi connectivity index (χ3v) is 3.60. The van der Waals surface area contributed by atoms with Crippen LogP contribution in [0.3, 0.4) is 0 Å². The zero-order valence-corrected chi connectivity index (χ0v) is 12.9. The monoisotopic (exact) mass is 294 g/mol. The Balaban J connectivity index is 2.54. The van der Waals surface area contributed by atoms with Crippen LogP contribution in [0.2, 0.25) is 5.02 Å². The highest BCUT2D eigenvalue weighted by Gasteiger charge is 2.30. The quantitative estimate of drug-likeness (QED) is 0.810. The van der Waals surface area contributed by atoms with Gasteiger partial charge in [0, 0.05) is 12.1 Å². The number of nitrogens with zero attached hydrogens (tertiary/aromatic N) is 2. The van der Waals surface area contributed by atoms with Gasteiger partial charge in [0.25, 0.3) is 0 Å². The molecule has 0 N–H and O–H groups in total. The van der Waals surface area contributed by atoms with Crippen molar-refractivity contribution in [3.05, 3.63) is 29.0 Å². The van der Waals surface area contributed by atoms with Crippen LogP contribution < -0.4 is 0 Å². The number of ether oxygens (including phenoxy) is 1. The summed E-state index contributed by atoms with van der Waals surface area (Å²) < 4.78 is 7.10. The summed E-state index contributed by atoms with van der Waals surface area (Å²) in [5.41, 5.74) is 1.75. The highest BCUT2D eigenvalue weighted by Crippen LogP contribution is 2.29. The largest absolute Gasteiger partial charge is 0.465 e. The SMILES string of the molecule is CCOC(=O)C(c1nc2ccc(Cl)cc2n1C)C(C)C. The van der Waals surface area contributed by atoms with E-state index in [4.69, 9.17) is 16.3 Å². The Kier molecular flexibility index (Phi) is 4.33. The second-order valence-corrected chi connectivity index (χ2v) is 5.57. The first-order valence-corrected chi connectivity index (χ1v) is 7.12. The molecule has 2 rings (SSSR count). The number of carbonyl (C=O) groups is 1. The fraction of sp³-hybridized carbons (Fsp3) is 0.467. The topological polar surface area (TPSA) is 44.1 Å². The van der Waals surface area contributed by atoms with E-state index in [1.807, 2.05) is 44.5 Å². The van der Waals surface area contributed by atoms with Crippen molar-refractivity contribution in [1.29, 1.82) is 0 Å². The van der Waals surface area contributed by atoms with Crippen molar-refractivity contribution in [3.63, 3.8) is 0 Å². The van der Waals surface area contributed by atoms with Crippen molar-refractivity contribution in [3.8, 4) is 0 Å². The zero-order chi connectivity index (χ0) is 14.9. The van der Waals surface area contributed by atoms with Gasteiger partial charge in [-0.1, -0.05) is 25.4 Å². The van der Waals surface area contributed by atoms with Crippen molar-refractivity contribution in [2.24, 2.45) is 13.0 Å². The van der Waals surface area contributed by atoms with Gasteiger partial charge in [-0.2, -0.15) is 0 Å². The Morgan fingerprint density at radius 1 is 1.45 bits per heavy atom. The van der Waals surface area contributed by atoms with Crippen molar-refractivity contribution in [2.75, 3.05) is 6.61 Å². The van der Waals surface area contributed by atoms with Gasteiger partial charge in [0.05, 0.1) is 17.6 Å². The molecule has 0 fully saturated rings. The molecule has 1 aromatic carbocycles. The molecule has 0 radical (unpaired) electrons. The van der Waals surface area contributed by atoms with Crippen molar-refractivity contribution in [1.82, 2.24) is 9.55 Å². The molecular weight excluding hydrogens is 276 g/mol. The summed E-state index contributed by atoms with van der Waals surface area (Å²) >= 11 is 6.02. The summed E-state index contributed by atoms with van der Waals surface area (Å²) in [4.78, 5) is 16.8. The van der Waals surface area contributed by atoms with Crippen LogP contribution >= 0.6 is 11.6 Å². The maximum Gasteiger partial charge on any atom is 0.316 e. The number of carbonyl (C=O) groups excluding carboxylic acids is 1. The molecule has 4 nitrogen and oxygen atoms in total. The normalized spacial score (nSPS) is 12.9. The number of rotatable bonds is 4. The summed E-state index contributed by atoms with van der Waals surface area (Å²) in [7, 11) is 1.90. The number of hydrogen-bond donors (Lipinski definition) is 0. The number of aryl methyl sites for hydroxylation is 1. The van der Waals surface area contributed by atoms with E-state index in [-0.39, 0.29) is 17.8 Å². The minimum absolute atomic E-state index is 0.111. The van der Waals surface area contributed by atoms with Gasteiger partial charge in [-0.05, 0) is 31.0 Å². The predicted octanol–water partition coefficient (Wildman–Crippen LogP) is 3.53. The van der Waals surface area contributed by atoms with E-state index >= 15 is 0 Å². The standard InChI is InChI=1S/C15H19ClN2O2/c1-5-20-15(19)13(9(2)3)14-17-11-7-6-10(16)8-12(11)18(14)4/h6-9,13H,5H2,1-4H3. The summed E-state index contributed by atoms with van der Waals surface area (Å²) in [6, 6.07) is 5.52. The smallest absolute Gasteiger partial charge is 0.316 e. The third kappa shape index (κ3) is 2.66. The maximum absolute atomic E-state index is 12.2. The number of esters is 1. The van der Waals surface area contributed by atoms with Gasteiger partial charge in [0.1, 0.15) is 11.7 Å². The lowest BCUT2D eigenvalue weighted by atomic mass is 9.95. The first kappa shape index (κ1) is 14.9. The summed E-state index contributed by atoms with van der Waals surface area (Å²) in [5.74, 6) is 0.230. The van der Waals surface area contributed by atoms with Gasteiger partial charge < -0.3 is 9.30 Å². The van der Waals surface area contributed by atoms with Crippen LogP contribution in [0, 0.1) is 5.92 Å². The molecule has 0 saturated heterocycles. The first-order chi connectivity index (χ1) is 9.45.